The van der Waals surface area contributed by atoms with Gasteiger partial charge in [0.05, 0.1) is 11.9 Å². The van der Waals surface area contributed by atoms with E-state index in [1.807, 2.05) is 13.8 Å². The van der Waals surface area contributed by atoms with Crippen LogP contribution in [0.2, 0.25) is 0 Å². The second kappa shape index (κ2) is 6.87. The van der Waals surface area contributed by atoms with Crippen LogP contribution in [-0.2, 0) is 6.54 Å². The zero-order chi connectivity index (χ0) is 15.4. The van der Waals surface area contributed by atoms with E-state index < -0.39 is 12.5 Å². The van der Waals surface area contributed by atoms with Crippen LogP contribution in [0.3, 0.4) is 0 Å². The zero-order valence-electron chi connectivity index (χ0n) is 12.4. The normalized spacial score (nSPS) is 15.9. The summed E-state index contributed by atoms with van der Waals surface area (Å²) in [4.78, 5) is 11.9. The molecule has 0 atom stereocenters. The first-order valence-corrected chi connectivity index (χ1v) is 7.38. The Morgan fingerprint density at radius 3 is 2.67 bits per heavy atom. The van der Waals surface area contributed by atoms with Crippen LogP contribution in [0.15, 0.2) is 6.20 Å². The molecule has 5 nitrogen and oxygen atoms in total. The van der Waals surface area contributed by atoms with Crippen LogP contribution in [-0.4, -0.2) is 21.9 Å². The number of nitrogens with zero attached hydrogens (tertiary/aromatic N) is 2. The fourth-order valence-corrected chi connectivity index (χ4v) is 2.63. The summed E-state index contributed by atoms with van der Waals surface area (Å²) in [5.74, 6) is 0.197. The predicted molar refractivity (Wildman–Crippen MR) is 76.4 cm³/mol. The largest absolute Gasteiger partial charge is 0.335 e. The van der Waals surface area contributed by atoms with Gasteiger partial charge in [-0.25, -0.2) is 13.6 Å². The number of hydrogen-bond acceptors (Lipinski definition) is 2. The van der Waals surface area contributed by atoms with Crippen LogP contribution in [0.4, 0.5) is 19.3 Å². The molecular weight excluding hydrogens is 278 g/mol. The summed E-state index contributed by atoms with van der Waals surface area (Å²) in [6.45, 7) is 4.25. The van der Waals surface area contributed by atoms with Gasteiger partial charge in [0.2, 0.25) is 0 Å². The second-order valence-corrected chi connectivity index (χ2v) is 5.90. The maximum absolute atomic E-state index is 13.2. The lowest BCUT2D eigenvalue weighted by Gasteiger charge is -2.14. The Hall–Kier alpha value is -1.66. The van der Waals surface area contributed by atoms with Crippen molar-refractivity contribution in [2.24, 2.45) is 5.92 Å². The number of carbonyl (C=O) groups is 1. The number of amides is 2. The van der Waals surface area contributed by atoms with Gasteiger partial charge in [-0.3, -0.25) is 4.68 Å². The number of nitrogens with one attached hydrogen (secondary N) is 2. The lowest BCUT2D eigenvalue weighted by Crippen LogP contribution is -2.36. The van der Waals surface area contributed by atoms with Gasteiger partial charge in [0.25, 0.3) is 6.43 Å². The SMILES string of the molecule is CC(C)Cn1ncc(NC(=O)NC2CCCC2)c1C(F)F. The summed E-state index contributed by atoms with van der Waals surface area (Å²) in [5, 5.41) is 9.27. The van der Waals surface area contributed by atoms with Gasteiger partial charge in [0.1, 0.15) is 5.69 Å². The van der Waals surface area contributed by atoms with Crippen molar-refractivity contribution in [3.8, 4) is 0 Å². The van der Waals surface area contributed by atoms with Crippen molar-refractivity contribution in [3.05, 3.63) is 11.9 Å². The summed E-state index contributed by atoms with van der Waals surface area (Å²) < 4.78 is 27.7. The van der Waals surface area contributed by atoms with E-state index >= 15 is 0 Å². The molecule has 1 aromatic heterocycles. The number of rotatable bonds is 5. The van der Waals surface area contributed by atoms with Crippen LogP contribution >= 0.6 is 0 Å². The van der Waals surface area contributed by atoms with Gasteiger partial charge in [0, 0.05) is 12.6 Å². The molecule has 2 amide bonds. The summed E-state index contributed by atoms with van der Waals surface area (Å²) >= 11 is 0. The maximum atomic E-state index is 13.2. The lowest BCUT2D eigenvalue weighted by atomic mass is 10.2. The van der Waals surface area contributed by atoms with E-state index in [-0.39, 0.29) is 23.3 Å². The molecular formula is C14H22F2N4O. The van der Waals surface area contributed by atoms with E-state index in [0.717, 1.165) is 25.7 Å². The van der Waals surface area contributed by atoms with Crippen molar-refractivity contribution in [1.82, 2.24) is 15.1 Å². The summed E-state index contributed by atoms with van der Waals surface area (Å²) in [6.07, 6.45) is 2.70. The summed E-state index contributed by atoms with van der Waals surface area (Å²) in [6, 6.07) is -0.293. The van der Waals surface area contributed by atoms with Crippen molar-refractivity contribution in [3.63, 3.8) is 0 Å². The molecule has 0 aliphatic heterocycles. The monoisotopic (exact) mass is 300 g/mol. The Morgan fingerprint density at radius 2 is 2.10 bits per heavy atom. The quantitative estimate of drug-likeness (QED) is 0.873. The van der Waals surface area contributed by atoms with E-state index in [1.165, 1.54) is 10.9 Å². The zero-order valence-corrected chi connectivity index (χ0v) is 12.4. The molecule has 0 unspecified atom stereocenters. The first kappa shape index (κ1) is 15.7. The maximum Gasteiger partial charge on any atom is 0.319 e. The highest BCUT2D eigenvalue weighted by Gasteiger charge is 2.23. The molecule has 118 valence electrons. The van der Waals surface area contributed by atoms with E-state index in [1.54, 1.807) is 0 Å². The number of aromatic nitrogens is 2. The van der Waals surface area contributed by atoms with Crippen molar-refractivity contribution in [1.29, 1.82) is 0 Å². The third-order valence-electron chi connectivity index (χ3n) is 3.56. The fraction of sp³-hybridized carbons (Fsp3) is 0.714. The second-order valence-electron chi connectivity index (χ2n) is 5.90. The van der Waals surface area contributed by atoms with E-state index in [4.69, 9.17) is 0 Å². The third kappa shape index (κ3) is 4.15. The average Bonchev–Trinajstić information content (AvgIpc) is 2.98. The Kier molecular flexibility index (Phi) is 5.14. The number of alkyl halides is 2. The summed E-state index contributed by atoms with van der Waals surface area (Å²) in [7, 11) is 0. The predicted octanol–water partition coefficient (Wildman–Crippen LogP) is 3.54. The number of urea groups is 1. The van der Waals surface area contributed by atoms with Gasteiger partial charge >= 0.3 is 6.03 Å². The molecule has 0 spiro atoms. The molecule has 1 aromatic rings. The molecule has 1 fully saturated rings. The van der Waals surface area contributed by atoms with E-state index in [0.29, 0.717) is 6.54 Å². The van der Waals surface area contributed by atoms with Crippen LogP contribution in [0.1, 0.15) is 51.7 Å². The minimum absolute atomic E-state index is 0.0844. The van der Waals surface area contributed by atoms with Gasteiger partial charge in [-0.1, -0.05) is 26.7 Å². The summed E-state index contributed by atoms with van der Waals surface area (Å²) in [5.41, 5.74) is -0.147. The highest BCUT2D eigenvalue weighted by Crippen LogP contribution is 2.27. The van der Waals surface area contributed by atoms with Crippen molar-refractivity contribution in [2.75, 3.05) is 5.32 Å². The van der Waals surface area contributed by atoms with Crippen LogP contribution in [0.25, 0.3) is 0 Å². The molecule has 2 N–H and O–H groups in total. The molecule has 0 bridgehead atoms. The highest BCUT2D eigenvalue weighted by atomic mass is 19.3. The van der Waals surface area contributed by atoms with E-state index in [9.17, 15) is 13.6 Å². The Bertz CT molecular complexity index is 481. The van der Waals surface area contributed by atoms with Gasteiger partial charge in [-0.2, -0.15) is 5.10 Å². The average molecular weight is 300 g/mol. The first-order chi connectivity index (χ1) is 9.97. The molecule has 1 heterocycles. The molecule has 21 heavy (non-hydrogen) atoms. The van der Waals surface area contributed by atoms with Gasteiger partial charge in [-0.05, 0) is 18.8 Å². The first-order valence-electron chi connectivity index (χ1n) is 7.38. The standard InChI is InChI=1S/C14H22F2N4O/c1-9(2)8-20-12(13(15)16)11(7-17-20)19-14(21)18-10-5-3-4-6-10/h7,9-10,13H,3-6,8H2,1-2H3,(H2,18,19,21). The lowest BCUT2D eigenvalue weighted by molar-refractivity contribution is 0.138. The van der Waals surface area contributed by atoms with Crippen molar-refractivity contribution < 1.29 is 13.6 Å². The molecule has 0 saturated heterocycles. The van der Waals surface area contributed by atoms with Gasteiger partial charge in [-0.15, -0.1) is 0 Å². The Labute approximate surface area is 123 Å². The number of hydrogen-bond donors (Lipinski definition) is 2. The van der Waals surface area contributed by atoms with Crippen LogP contribution < -0.4 is 10.6 Å². The van der Waals surface area contributed by atoms with Gasteiger partial charge in [0.15, 0.2) is 0 Å². The van der Waals surface area contributed by atoms with Gasteiger partial charge < -0.3 is 10.6 Å². The highest BCUT2D eigenvalue weighted by molar-refractivity contribution is 5.90. The minimum atomic E-state index is -2.67. The third-order valence-corrected chi connectivity index (χ3v) is 3.56. The minimum Gasteiger partial charge on any atom is -0.335 e. The smallest absolute Gasteiger partial charge is 0.319 e. The fourth-order valence-electron chi connectivity index (χ4n) is 2.63. The Balaban J connectivity index is 2.04. The molecule has 1 aliphatic carbocycles. The van der Waals surface area contributed by atoms with Crippen LogP contribution in [0, 0.1) is 5.92 Å². The Morgan fingerprint density at radius 1 is 1.43 bits per heavy atom. The van der Waals surface area contributed by atoms with Crippen LogP contribution in [0.5, 0.6) is 0 Å². The molecule has 0 radical (unpaired) electrons. The number of anilines is 1. The van der Waals surface area contributed by atoms with Crippen molar-refractivity contribution in [2.45, 2.75) is 58.5 Å². The van der Waals surface area contributed by atoms with E-state index in [2.05, 4.69) is 15.7 Å². The molecule has 7 heteroatoms. The number of carbonyl (C=O) groups excluding carboxylic acids is 1. The molecule has 0 aromatic carbocycles. The number of halogens is 2. The molecule has 1 aliphatic rings. The molecule has 2 rings (SSSR count). The molecule has 1 saturated carbocycles. The topological polar surface area (TPSA) is 59.0 Å². The van der Waals surface area contributed by atoms with Crippen molar-refractivity contribution >= 4 is 11.7 Å².